The standard InChI is InChI=1S/C7H11NO/c1-6-2-3-7(4-6)8-5-9/h2-3,5-7H,4H2,1H3,(H,8,9)/t6-,7+/m1/s1. The molecular formula is C7H11NO. The lowest BCUT2D eigenvalue weighted by molar-refractivity contribution is -0.109. The van der Waals surface area contributed by atoms with Crippen molar-refractivity contribution in [2.24, 2.45) is 5.92 Å². The Kier molecular flexibility index (Phi) is 1.88. The van der Waals surface area contributed by atoms with Crippen LogP contribution in [0, 0.1) is 5.92 Å². The number of carbonyl (C=O) groups is 1. The van der Waals surface area contributed by atoms with Crippen LogP contribution < -0.4 is 5.32 Å². The van der Waals surface area contributed by atoms with E-state index in [4.69, 9.17) is 0 Å². The molecule has 0 saturated heterocycles. The van der Waals surface area contributed by atoms with Crippen molar-refractivity contribution < 1.29 is 4.79 Å². The maximum atomic E-state index is 9.92. The molecule has 9 heavy (non-hydrogen) atoms. The summed E-state index contributed by atoms with van der Waals surface area (Å²) in [5.74, 6) is 0.627. The summed E-state index contributed by atoms with van der Waals surface area (Å²) in [5.41, 5.74) is 0. The first-order valence-corrected chi connectivity index (χ1v) is 3.21. The molecule has 0 aromatic heterocycles. The number of nitrogens with one attached hydrogen (secondary N) is 1. The monoisotopic (exact) mass is 125 g/mol. The van der Waals surface area contributed by atoms with Gasteiger partial charge in [-0.3, -0.25) is 4.79 Å². The molecule has 0 aliphatic heterocycles. The quantitative estimate of drug-likeness (QED) is 0.427. The van der Waals surface area contributed by atoms with Crippen molar-refractivity contribution in [3.05, 3.63) is 12.2 Å². The third-order valence-electron chi connectivity index (χ3n) is 1.58. The minimum atomic E-state index is 0.289. The van der Waals surface area contributed by atoms with Gasteiger partial charge in [0, 0.05) is 6.04 Å². The van der Waals surface area contributed by atoms with Crippen LogP contribution in [-0.2, 0) is 4.79 Å². The van der Waals surface area contributed by atoms with E-state index in [0.717, 1.165) is 12.8 Å². The first-order chi connectivity index (χ1) is 4.33. The van der Waals surface area contributed by atoms with Gasteiger partial charge in [0.2, 0.25) is 6.41 Å². The third-order valence-corrected chi connectivity index (χ3v) is 1.58. The van der Waals surface area contributed by atoms with E-state index in [0.29, 0.717) is 5.92 Å². The molecule has 0 aromatic carbocycles. The van der Waals surface area contributed by atoms with Crippen LogP contribution in [0.25, 0.3) is 0 Å². The lowest BCUT2D eigenvalue weighted by Crippen LogP contribution is -2.23. The minimum absolute atomic E-state index is 0.289. The Morgan fingerprint density at radius 2 is 2.44 bits per heavy atom. The van der Waals surface area contributed by atoms with E-state index in [1.54, 1.807) is 0 Å². The van der Waals surface area contributed by atoms with Crippen LogP contribution >= 0.6 is 0 Å². The maximum absolute atomic E-state index is 9.92. The van der Waals surface area contributed by atoms with Gasteiger partial charge in [0.05, 0.1) is 0 Å². The molecule has 0 unspecified atom stereocenters. The van der Waals surface area contributed by atoms with Gasteiger partial charge in [-0.05, 0) is 12.3 Å². The molecular weight excluding hydrogens is 114 g/mol. The van der Waals surface area contributed by atoms with Gasteiger partial charge in [0.15, 0.2) is 0 Å². The Balaban J connectivity index is 2.31. The van der Waals surface area contributed by atoms with E-state index >= 15 is 0 Å². The molecule has 2 heteroatoms. The van der Waals surface area contributed by atoms with Crippen LogP contribution in [0.3, 0.4) is 0 Å². The molecule has 1 aliphatic carbocycles. The van der Waals surface area contributed by atoms with Crippen molar-refractivity contribution in [2.75, 3.05) is 0 Å². The second-order valence-electron chi connectivity index (χ2n) is 2.49. The summed E-state index contributed by atoms with van der Waals surface area (Å²) in [6.07, 6.45) is 5.98. The molecule has 0 heterocycles. The Morgan fingerprint density at radius 3 is 2.89 bits per heavy atom. The van der Waals surface area contributed by atoms with E-state index in [1.807, 2.05) is 6.08 Å². The fraction of sp³-hybridized carbons (Fsp3) is 0.571. The zero-order chi connectivity index (χ0) is 6.69. The minimum Gasteiger partial charge on any atom is -0.352 e. The number of amides is 1. The highest BCUT2D eigenvalue weighted by atomic mass is 16.1. The lowest BCUT2D eigenvalue weighted by Gasteiger charge is -2.05. The van der Waals surface area contributed by atoms with Gasteiger partial charge in [0.1, 0.15) is 0 Å². The summed E-state index contributed by atoms with van der Waals surface area (Å²) in [4.78, 5) is 9.92. The van der Waals surface area contributed by atoms with E-state index in [9.17, 15) is 4.79 Å². The van der Waals surface area contributed by atoms with Crippen molar-refractivity contribution in [1.82, 2.24) is 5.32 Å². The molecule has 0 radical (unpaired) electrons. The molecule has 0 bridgehead atoms. The molecule has 1 amide bonds. The summed E-state index contributed by atoms with van der Waals surface area (Å²) < 4.78 is 0. The normalized spacial score (nSPS) is 32.6. The topological polar surface area (TPSA) is 29.1 Å². The Hall–Kier alpha value is -0.790. The second kappa shape index (κ2) is 2.67. The summed E-state index contributed by atoms with van der Waals surface area (Å²) >= 11 is 0. The highest BCUT2D eigenvalue weighted by molar-refractivity contribution is 5.47. The molecule has 1 rings (SSSR count). The van der Waals surface area contributed by atoms with Crippen LogP contribution in [-0.4, -0.2) is 12.5 Å². The smallest absolute Gasteiger partial charge is 0.207 e. The van der Waals surface area contributed by atoms with E-state index in [-0.39, 0.29) is 6.04 Å². The molecule has 0 fully saturated rings. The van der Waals surface area contributed by atoms with Crippen molar-refractivity contribution in [3.63, 3.8) is 0 Å². The highest BCUT2D eigenvalue weighted by Crippen LogP contribution is 2.15. The van der Waals surface area contributed by atoms with Crippen LogP contribution in [0.15, 0.2) is 12.2 Å². The van der Waals surface area contributed by atoms with Crippen LogP contribution in [0.1, 0.15) is 13.3 Å². The number of hydrogen-bond acceptors (Lipinski definition) is 1. The van der Waals surface area contributed by atoms with Gasteiger partial charge in [-0.25, -0.2) is 0 Å². The maximum Gasteiger partial charge on any atom is 0.207 e. The highest BCUT2D eigenvalue weighted by Gasteiger charge is 2.12. The van der Waals surface area contributed by atoms with Gasteiger partial charge in [0.25, 0.3) is 0 Å². The molecule has 2 nitrogen and oxygen atoms in total. The van der Waals surface area contributed by atoms with Crippen molar-refractivity contribution >= 4 is 6.41 Å². The molecule has 50 valence electrons. The van der Waals surface area contributed by atoms with Crippen LogP contribution in [0.4, 0.5) is 0 Å². The number of carbonyl (C=O) groups excluding carboxylic acids is 1. The zero-order valence-corrected chi connectivity index (χ0v) is 5.50. The van der Waals surface area contributed by atoms with E-state index in [2.05, 4.69) is 18.3 Å². The summed E-state index contributed by atoms with van der Waals surface area (Å²) in [6.45, 7) is 2.14. The number of hydrogen-bond donors (Lipinski definition) is 1. The number of rotatable bonds is 2. The molecule has 0 saturated carbocycles. The fourth-order valence-corrected chi connectivity index (χ4v) is 1.09. The van der Waals surface area contributed by atoms with E-state index < -0.39 is 0 Å². The van der Waals surface area contributed by atoms with Gasteiger partial charge in [-0.2, -0.15) is 0 Å². The van der Waals surface area contributed by atoms with Crippen LogP contribution in [0.2, 0.25) is 0 Å². The number of allylic oxidation sites excluding steroid dienone is 1. The van der Waals surface area contributed by atoms with Gasteiger partial charge >= 0.3 is 0 Å². The first kappa shape index (κ1) is 6.33. The van der Waals surface area contributed by atoms with Crippen LogP contribution in [0.5, 0.6) is 0 Å². The second-order valence-corrected chi connectivity index (χ2v) is 2.49. The molecule has 1 aliphatic rings. The predicted octanol–water partition coefficient (Wildman–Crippen LogP) is 0.697. The first-order valence-electron chi connectivity index (χ1n) is 3.21. The Morgan fingerprint density at radius 1 is 1.67 bits per heavy atom. The lowest BCUT2D eigenvalue weighted by atomic mass is 10.1. The summed E-state index contributed by atoms with van der Waals surface area (Å²) in [7, 11) is 0. The van der Waals surface area contributed by atoms with Crippen molar-refractivity contribution in [3.8, 4) is 0 Å². The SMILES string of the molecule is C[C@@H]1C=C[C@H](NC=O)C1. The molecule has 0 aromatic rings. The zero-order valence-electron chi connectivity index (χ0n) is 5.50. The molecule has 2 atom stereocenters. The molecule has 0 spiro atoms. The Bertz CT molecular complexity index is 131. The molecule has 1 N–H and O–H groups in total. The fourth-order valence-electron chi connectivity index (χ4n) is 1.09. The summed E-state index contributed by atoms with van der Waals surface area (Å²) in [6, 6.07) is 0.289. The average molecular weight is 125 g/mol. The van der Waals surface area contributed by atoms with E-state index in [1.165, 1.54) is 0 Å². The van der Waals surface area contributed by atoms with Crippen molar-refractivity contribution in [1.29, 1.82) is 0 Å². The predicted molar refractivity (Wildman–Crippen MR) is 35.9 cm³/mol. The summed E-state index contributed by atoms with van der Waals surface area (Å²) in [5, 5.41) is 2.71. The largest absolute Gasteiger partial charge is 0.352 e. The van der Waals surface area contributed by atoms with Crippen molar-refractivity contribution in [2.45, 2.75) is 19.4 Å². The average Bonchev–Trinajstić information content (AvgIpc) is 2.17. The van der Waals surface area contributed by atoms with Gasteiger partial charge < -0.3 is 5.32 Å². The Labute approximate surface area is 54.9 Å². The van der Waals surface area contributed by atoms with Gasteiger partial charge in [-0.1, -0.05) is 19.1 Å². The van der Waals surface area contributed by atoms with Gasteiger partial charge in [-0.15, -0.1) is 0 Å². The third kappa shape index (κ3) is 1.56.